The van der Waals surface area contributed by atoms with E-state index >= 15 is 0 Å². The molecule has 0 radical (unpaired) electrons. The van der Waals surface area contributed by atoms with Crippen molar-refractivity contribution in [2.24, 2.45) is 5.92 Å². The first-order valence-corrected chi connectivity index (χ1v) is 9.43. The number of morpholine rings is 1. The number of carbonyl (C=O) groups excluding carboxylic acids is 2. The van der Waals surface area contributed by atoms with Crippen LogP contribution in [0.25, 0.3) is 0 Å². The van der Waals surface area contributed by atoms with Crippen molar-refractivity contribution in [2.75, 3.05) is 45.9 Å². The fraction of sp³-hybridized carbons (Fsp3) is 0.889. The van der Waals surface area contributed by atoms with Crippen LogP contribution in [0.15, 0.2) is 0 Å². The minimum Gasteiger partial charge on any atom is -0.379 e. The van der Waals surface area contributed by atoms with Crippen molar-refractivity contribution >= 4 is 11.8 Å². The number of nitrogens with zero attached hydrogens (tertiary/aromatic N) is 3. The molecule has 0 aromatic carbocycles. The summed E-state index contributed by atoms with van der Waals surface area (Å²) in [5.74, 6) is 0.826. The zero-order valence-corrected chi connectivity index (χ0v) is 15.1. The van der Waals surface area contributed by atoms with Crippen molar-refractivity contribution in [3.63, 3.8) is 0 Å². The number of piperidine rings is 1. The predicted molar refractivity (Wildman–Crippen MR) is 91.6 cm³/mol. The smallest absolute Gasteiger partial charge is 0.224 e. The van der Waals surface area contributed by atoms with Gasteiger partial charge in [0.05, 0.1) is 13.2 Å². The Hall–Kier alpha value is -1.14. The Bertz CT molecular complexity index is 464. The fourth-order valence-electron chi connectivity index (χ4n) is 4.50. The largest absolute Gasteiger partial charge is 0.379 e. The van der Waals surface area contributed by atoms with E-state index in [1.807, 2.05) is 9.80 Å². The summed E-state index contributed by atoms with van der Waals surface area (Å²) in [6.45, 7) is 9.88. The second-order valence-corrected chi connectivity index (χ2v) is 7.56. The Morgan fingerprint density at radius 3 is 2.54 bits per heavy atom. The molecule has 0 N–H and O–H groups in total. The Morgan fingerprint density at radius 2 is 1.83 bits per heavy atom. The van der Waals surface area contributed by atoms with E-state index in [-0.39, 0.29) is 17.9 Å². The van der Waals surface area contributed by atoms with E-state index < -0.39 is 0 Å². The highest BCUT2D eigenvalue weighted by Gasteiger charge is 2.37. The van der Waals surface area contributed by atoms with Crippen LogP contribution in [-0.4, -0.2) is 84.5 Å². The van der Waals surface area contributed by atoms with Crippen LogP contribution < -0.4 is 0 Å². The molecular weight excluding hydrogens is 306 g/mol. The molecule has 2 amide bonds. The van der Waals surface area contributed by atoms with Gasteiger partial charge in [0.1, 0.15) is 0 Å². The molecule has 0 bridgehead atoms. The standard InChI is InChI=1S/C18H31N3O3/c1-14-12-20(13-17(14)19-7-9-24-10-8-19)18(23)11-16-5-3-4-6-21(16)15(2)22/h14,16-17H,3-13H2,1-2H3/t14-,16-,17+/m1/s1. The van der Waals surface area contributed by atoms with Crippen LogP contribution in [0.5, 0.6) is 0 Å². The summed E-state index contributed by atoms with van der Waals surface area (Å²) in [5, 5.41) is 0. The van der Waals surface area contributed by atoms with Crippen LogP contribution in [0.3, 0.4) is 0 Å². The maximum Gasteiger partial charge on any atom is 0.224 e. The minimum absolute atomic E-state index is 0.0986. The van der Waals surface area contributed by atoms with Gasteiger partial charge in [-0.15, -0.1) is 0 Å². The molecule has 136 valence electrons. The van der Waals surface area contributed by atoms with Gasteiger partial charge in [0.2, 0.25) is 11.8 Å². The Morgan fingerprint density at radius 1 is 1.08 bits per heavy atom. The summed E-state index contributed by atoms with van der Waals surface area (Å²) < 4.78 is 5.44. The number of ether oxygens (including phenoxy) is 1. The molecule has 6 heteroatoms. The monoisotopic (exact) mass is 337 g/mol. The molecule has 3 fully saturated rings. The van der Waals surface area contributed by atoms with Crippen molar-refractivity contribution in [3.05, 3.63) is 0 Å². The van der Waals surface area contributed by atoms with Crippen molar-refractivity contribution in [1.82, 2.24) is 14.7 Å². The third kappa shape index (κ3) is 3.91. The number of amides is 2. The van der Waals surface area contributed by atoms with Gasteiger partial charge in [-0.1, -0.05) is 6.92 Å². The first kappa shape index (κ1) is 17.7. The van der Waals surface area contributed by atoms with Crippen LogP contribution in [0.1, 0.15) is 39.5 Å². The minimum atomic E-state index is 0.0986. The van der Waals surface area contributed by atoms with E-state index in [4.69, 9.17) is 4.74 Å². The average Bonchev–Trinajstić information content (AvgIpc) is 2.98. The van der Waals surface area contributed by atoms with E-state index in [0.29, 0.717) is 18.4 Å². The van der Waals surface area contributed by atoms with Gasteiger partial charge in [0.25, 0.3) is 0 Å². The van der Waals surface area contributed by atoms with Crippen LogP contribution in [0.2, 0.25) is 0 Å². The first-order valence-electron chi connectivity index (χ1n) is 9.43. The highest BCUT2D eigenvalue weighted by Crippen LogP contribution is 2.26. The molecule has 0 spiro atoms. The summed E-state index contributed by atoms with van der Waals surface area (Å²) in [5.41, 5.74) is 0. The van der Waals surface area contributed by atoms with Gasteiger partial charge >= 0.3 is 0 Å². The Balaban J connectivity index is 1.56. The SMILES string of the molecule is CC(=O)N1CCCC[C@@H]1CC(=O)N1C[C@@H](C)[C@@H](N2CCOCC2)C1. The lowest BCUT2D eigenvalue weighted by Gasteiger charge is -2.36. The second kappa shape index (κ2) is 7.83. The number of hydrogen-bond donors (Lipinski definition) is 0. The summed E-state index contributed by atoms with van der Waals surface area (Å²) in [6, 6.07) is 0.551. The summed E-state index contributed by atoms with van der Waals surface area (Å²) in [7, 11) is 0. The number of rotatable bonds is 3. The van der Waals surface area contributed by atoms with Crippen molar-refractivity contribution in [1.29, 1.82) is 0 Å². The number of carbonyl (C=O) groups is 2. The number of hydrogen-bond acceptors (Lipinski definition) is 4. The summed E-state index contributed by atoms with van der Waals surface area (Å²) in [4.78, 5) is 31.0. The topological polar surface area (TPSA) is 53.1 Å². The van der Waals surface area contributed by atoms with Crippen LogP contribution in [-0.2, 0) is 14.3 Å². The van der Waals surface area contributed by atoms with Gasteiger partial charge in [0, 0.05) is 58.2 Å². The third-order valence-corrected chi connectivity index (χ3v) is 5.88. The van der Waals surface area contributed by atoms with Crippen LogP contribution in [0.4, 0.5) is 0 Å². The molecule has 3 saturated heterocycles. The molecule has 3 heterocycles. The lowest BCUT2D eigenvalue weighted by molar-refractivity contribution is -0.136. The molecular formula is C18H31N3O3. The van der Waals surface area contributed by atoms with Gasteiger partial charge in [-0.3, -0.25) is 14.5 Å². The summed E-state index contributed by atoms with van der Waals surface area (Å²) in [6.07, 6.45) is 3.63. The molecule has 0 aromatic rings. The van der Waals surface area contributed by atoms with Gasteiger partial charge < -0.3 is 14.5 Å². The maximum atomic E-state index is 12.8. The maximum absolute atomic E-state index is 12.8. The van der Waals surface area contributed by atoms with E-state index in [0.717, 1.165) is 65.2 Å². The van der Waals surface area contributed by atoms with Crippen molar-refractivity contribution < 1.29 is 14.3 Å². The van der Waals surface area contributed by atoms with E-state index in [9.17, 15) is 9.59 Å². The molecule has 3 rings (SSSR count). The van der Waals surface area contributed by atoms with E-state index in [1.54, 1.807) is 6.92 Å². The normalized spacial score (nSPS) is 32.2. The molecule has 0 aliphatic carbocycles. The average molecular weight is 337 g/mol. The highest BCUT2D eigenvalue weighted by molar-refractivity contribution is 5.79. The van der Waals surface area contributed by atoms with Crippen molar-refractivity contribution in [2.45, 2.75) is 51.6 Å². The van der Waals surface area contributed by atoms with Crippen LogP contribution >= 0.6 is 0 Å². The van der Waals surface area contributed by atoms with Crippen LogP contribution in [0, 0.1) is 5.92 Å². The molecule has 0 aromatic heterocycles. The quantitative estimate of drug-likeness (QED) is 0.770. The molecule has 0 unspecified atom stereocenters. The molecule has 6 nitrogen and oxygen atoms in total. The van der Waals surface area contributed by atoms with Gasteiger partial charge in [-0.05, 0) is 25.2 Å². The van der Waals surface area contributed by atoms with E-state index in [2.05, 4.69) is 11.8 Å². The Kier molecular flexibility index (Phi) is 5.76. The molecule has 3 aliphatic heterocycles. The first-order chi connectivity index (χ1) is 11.6. The number of likely N-dealkylation sites (tertiary alicyclic amines) is 2. The third-order valence-electron chi connectivity index (χ3n) is 5.88. The second-order valence-electron chi connectivity index (χ2n) is 7.56. The zero-order chi connectivity index (χ0) is 17.1. The molecule has 24 heavy (non-hydrogen) atoms. The van der Waals surface area contributed by atoms with E-state index in [1.165, 1.54) is 0 Å². The molecule has 3 atom stereocenters. The predicted octanol–water partition coefficient (Wildman–Crippen LogP) is 0.957. The molecule has 0 saturated carbocycles. The van der Waals surface area contributed by atoms with Crippen molar-refractivity contribution in [3.8, 4) is 0 Å². The van der Waals surface area contributed by atoms with Gasteiger partial charge in [-0.2, -0.15) is 0 Å². The molecule has 3 aliphatic rings. The Labute approximate surface area is 145 Å². The zero-order valence-electron chi connectivity index (χ0n) is 15.1. The summed E-state index contributed by atoms with van der Waals surface area (Å²) >= 11 is 0. The fourth-order valence-corrected chi connectivity index (χ4v) is 4.50. The lowest BCUT2D eigenvalue weighted by Crippen LogP contribution is -2.48. The highest BCUT2D eigenvalue weighted by atomic mass is 16.5. The lowest BCUT2D eigenvalue weighted by atomic mass is 9.98. The van der Waals surface area contributed by atoms with Gasteiger partial charge in [-0.25, -0.2) is 0 Å². The van der Waals surface area contributed by atoms with Gasteiger partial charge in [0.15, 0.2) is 0 Å².